The SMILES string of the molecule is CCCCCOC(=O)NC1NC(=O)N([C@@H]2O[C@H](Cn3cc(C)nn3)[C@@H](O)[C@H]2O)C=C1F. The molecule has 2 aliphatic heterocycles. The lowest BCUT2D eigenvalue weighted by molar-refractivity contribution is -0.0597. The third-order valence-electron chi connectivity index (χ3n) is 4.92. The van der Waals surface area contributed by atoms with E-state index in [1.54, 1.807) is 13.1 Å². The van der Waals surface area contributed by atoms with Crippen LogP contribution in [0.3, 0.4) is 0 Å². The number of aryl methyl sites for hydroxylation is 1. The maximum atomic E-state index is 14.5. The number of carbonyl (C=O) groups is 2. The molecule has 3 amide bonds. The average Bonchev–Trinajstić information content (AvgIpc) is 3.26. The van der Waals surface area contributed by atoms with Crippen LogP contribution in [0.1, 0.15) is 31.9 Å². The smallest absolute Gasteiger partial charge is 0.409 e. The zero-order valence-electron chi connectivity index (χ0n) is 17.3. The van der Waals surface area contributed by atoms with Gasteiger partial charge >= 0.3 is 12.1 Å². The standard InChI is InChI=1S/C18H27FN6O6/c1-3-4-5-6-30-18(29)21-15-11(19)8-25(17(28)20-15)16-14(27)13(26)12(31-16)9-24-7-10(2)22-23-24/h7-8,12-16,26-27H,3-6,9H2,1-2H3,(H,20,28)(H,21,29)/t12-,13-,14-,15?,16-/m1/s1. The van der Waals surface area contributed by atoms with Crippen molar-refractivity contribution in [1.29, 1.82) is 0 Å². The van der Waals surface area contributed by atoms with E-state index in [-0.39, 0.29) is 13.2 Å². The highest BCUT2D eigenvalue weighted by Crippen LogP contribution is 2.27. The summed E-state index contributed by atoms with van der Waals surface area (Å²) < 4.78 is 26.5. The number of nitrogens with zero attached hydrogens (tertiary/aromatic N) is 4. The molecule has 0 aliphatic carbocycles. The van der Waals surface area contributed by atoms with Crippen molar-refractivity contribution in [2.45, 2.75) is 70.4 Å². The lowest BCUT2D eigenvalue weighted by Gasteiger charge is -2.33. The second-order valence-corrected chi connectivity index (χ2v) is 7.42. The van der Waals surface area contributed by atoms with E-state index in [4.69, 9.17) is 9.47 Å². The molecule has 3 heterocycles. The van der Waals surface area contributed by atoms with Crippen molar-refractivity contribution in [1.82, 2.24) is 30.5 Å². The van der Waals surface area contributed by atoms with Crippen molar-refractivity contribution in [3.63, 3.8) is 0 Å². The van der Waals surface area contributed by atoms with Crippen LogP contribution in [0.4, 0.5) is 14.0 Å². The van der Waals surface area contributed by atoms with Crippen LogP contribution in [-0.2, 0) is 16.0 Å². The molecule has 1 fully saturated rings. The molecule has 0 radical (unpaired) electrons. The fraction of sp³-hybridized carbons (Fsp3) is 0.667. The molecule has 1 unspecified atom stereocenters. The van der Waals surface area contributed by atoms with Crippen molar-refractivity contribution < 1.29 is 33.7 Å². The first kappa shape index (κ1) is 22.9. The van der Waals surface area contributed by atoms with Gasteiger partial charge in [0.25, 0.3) is 0 Å². The van der Waals surface area contributed by atoms with E-state index in [2.05, 4.69) is 20.9 Å². The number of aliphatic hydroxyl groups is 2. The largest absolute Gasteiger partial charge is 0.450 e. The number of nitrogens with one attached hydrogen (secondary N) is 2. The minimum atomic E-state index is -1.49. The highest BCUT2D eigenvalue weighted by atomic mass is 19.1. The predicted molar refractivity (Wildman–Crippen MR) is 103 cm³/mol. The molecule has 13 heteroatoms. The van der Waals surface area contributed by atoms with Crippen LogP contribution < -0.4 is 10.6 Å². The number of alkyl carbamates (subject to hydrolysis) is 1. The molecule has 1 aromatic heterocycles. The molecule has 4 N–H and O–H groups in total. The van der Waals surface area contributed by atoms with Crippen LogP contribution in [-0.4, -0.2) is 79.5 Å². The molecule has 3 rings (SSSR count). The van der Waals surface area contributed by atoms with E-state index in [9.17, 15) is 24.2 Å². The third-order valence-corrected chi connectivity index (χ3v) is 4.92. The number of halogens is 1. The van der Waals surface area contributed by atoms with E-state index in [1.165, 1.54) is 4.68 Å². The minimum absolute atomic E-state index is 0.0747. The van der Waals surface area contributed by atoms with Gasteiger partial charge in [-0.25, -0.2) is 18.7 Å². The topological polar surface area (TPSA) is 151 Å². The molecule has 172 valence electrons. The summed E-state index contributed by atoms with van der Waals surface area (Å²) in [5, 5.41) is 32.8. The molecule has 0 bridgehead atoms. The highest BCUT2D eigenvalue weighted by molar-refractivity contribution is 5.79. The van der Waals surface area contributed by atoms with Gasteiger partial charge in [-0.3, -0.25) is 10.2 Å². The molecule has 0 aromatic carbocycles. The predicted octanol–water partition coefficient (Wildman–Crippen LogP) is 0.112. The number of carbonyl (C=O) groups excluding carboxylic acids is 2. The number of unbranched alkanes of at least 4 members (excludes halogenated alkanes) is 2. The van der Waals surface area contributed by atoms with E-state index in [0.29, 0.717) is 12.1 Å². The van der Waals surface area contributed by atoms with Crippen LogP contribution in [0.25, 0.3) is 0 Å². The Balaban J connectivity index is 1.60. The summed E-state index contributed by atoms with van der Waals surface area (Å²) in [5.41, 5.74) is 0.660. The van der Waals surface area contributed by atoms with Gasteiger partial charge in [-0.1, -0.05) is 25.0 Å². The summed E-state index contributed by atoms with van der Waals surface area (Å²) >= 11 is 0. The lowest BCUT2D eigenvalue weighted by atomic mass is 10.1. The maximum absolute atomic E-state index is 14.5. The third kappa shape index (κ3) is 5.48. The second kappa shape index (κ2) is 10.0. The number of hydrogen-bond donors (Lipinski definition) is 4. The van der Waals surface area contributed by atoms with Gasteiger partial charge < -0.3 is 25.0 Å². The van der Waals surface area contributed by atoms with Crippen molar-refractivity contribution in [2.75, 3.05) is 6.61 Å². The summed E-state index contributed by atoms with van der Waals surface area (Å²) in [6.07, 6.45) is -2.38. The minimum Gasteiger partial charge on any atom is -0.450 e. The summed E-state index contributed by atoms with van der Waals surface area (Å²) in [6, 6.07) is -0.828. The monoisotopic (exact) mass is 442 g/mol. The lowest BCUT2D eigenvalue weighted by Crippen LogP contribution is -2.58. The fourth-order valence-corrected chi connectivity index (χ4v) is 3.28. The molecule has 5 atom stereocenters. The molecule has 1 saturated heterocycles. The van der Waals surface area contributed by atoms with Gasteiger partial charge in [0, 0.05) is 12.4 Å². The van der Waals surface area contributed by atoms with E-state index < -0.39 is 48.7 Å². The van der Waals surface area contributed by atoms with Gasteiger partial charge in [0.2, 0.25) is 0 Å². The van der Waals surface area contributed by atoms with Gasteiger partial charge in [-0.05, 0) is 13.3 Å². The number of urea groups is 1. The van der Waals surface area contributed by atoms with E-state index in [1.807, 2.05) is 6.92 Å². The molecule has 2 aliphatic rings. The summed E-state index contributed by atoms with van der Waals surface area (Å²) in [5.74, 6) is -0.897. The first-order valence-electron chi connectivity index (χ1n) is 10.1. The number of amides is 3. The Bertz CT molecular complexity index is 819. The van der Waals surface area contributed by atoms with Gasteiger partial charge in [0.1, 0.15) is 18.3 Å². The molecule has 31 heavy (non-hydrogen) atoms. The number of aromatic nitrogens is 3. The van der Waals surface area contributed by atoms with Gasteiger partial charge in [-0.2, -0.15) is 0 Å². The normalized spacial score (nSPS) is 28.3. The van der Waals surface area contributed by atoms with Crippen LogP contribution in [0, 0.1) is 6.92 Å². The Kier molecular flexibility index (Phi) is 7.41. The second-order valence-electron chi connectivity index (χ2n) is 7.42. The zero-order valence-corrected chi connectivity index (χ0v) is 17.3. The van der Waals surface area contributed by atoms with Gasteiger partial charge in [0.05, 0.1) is 18.8 Å². The zero-order chi connectivity index (χ0) is 22.5. The Morgan fingerprint density at radius 3 is 2.84 bits per heavy atom. The van der Waals surface area contributed by atoms with Gasteiger partial charge in [-0.15, -0.1) is 5.10 Å². The number of hydrogen-bond acceptors (Lipinski definition) is 8. The maximum Gasteiger partial charge on any atom is 0.409 e. The summed E-state index contributed by atoms with van der Waals surface area (Å²) in [7, 11) is 0. The number of rotatable bonds is 8. The molecular weight excluding hydrogens is 415 g/mol. The fourth-order valence-electron chi connectivity index (χ4n) is 3.28. The van der Waals surface area contributed by atoms with Crippen molar-refractivity contribution in [2.24, 2.45) is 0 Å². The summed E-state index contributed by atoms with van der Waals surface area (Å²) in [6.45, 7) is 4.01. The summed E-state index contributed by atoms with van der Waals surface area (Å²) in [4.78, 5) is 25.0. The Hall–Kier alpha value is -2.77. The van der Waals surface area contributed by atoms with Crippen molar-refractivity contribution >= 4 is 12.1 Å². The van der Waals surface area contributed by atoms with Crippen LogP contribution in [0.5, 0.6) is 0 Å². The molecule has 1 aromatic rings. The van der Waals surface area contributed by atoms with Crippen LogP contribution in [0.15, 0.2) is 18.2 Å². The molecule has 0 spiro atoms. The molecule has 12 nitrogen and oxygen atoms in total. The van der Waals surface area contributed by atoms with Crippen LogP contribution >= 0.6 is 0 Å². The Morgan fingerprint density at radius 2 is 2.16 bits per heavy atom. The van der Waals surface area contributed by atoms with Crippen LogP contribution in [0.2, 0.25) is 0 Å². The highest BCUT2D eigenvalue weighted by Gasteiger charge is 2.48. The number of ether oxygens (including phenoxy) is 2. The first-order chi connectivity index (χ1) is 14.8. The van der Waals surface area contributed by atoms with Crippen molar-refractivity contribution in [3.8, 4) is 0 Å². The van der Waals surface area contributed by atoms with Gasteiger partial charge in [0.15, 0.2) is 18.2 Å². The molecule has 0 saturated carbocycles. The Morgan fingerprint density at radius 1 is 1.39 bits per heavy atom. The first-order valence-corrected chi connectivity index (χ1v) is 10.1. The quantitative estimate of drug-likeness (QED) is 0.414. The number of aliphatic hydroxyl groups excluding tert-OH is 2. The Labute approximate surface area is 178 Å². The molecular formula is C18H27FN6O6. The van der Waals surface area contributed by atoms with E-state index in [0.717, 1.165) is 23.9 Å². The average molecular weight is 442 g/mol. The van der Waals surface area contributed by atoms with E-state index >= 15 is 0 Å². The van der Waals surface area contributed by atoms with Crippen molar-refractivity contribution in [3.05, 3.63) is 23.9 Å².